The van der Waals surface area contributed by atoms with Crippen LogP contribution in [0.15, 0.2) is 16.7 Å². The van der Waals surface area contributed by atoms with Crippen LogP contribution in [0.2, 0.25) is 5.02 Å². The highest BCUT2D eigenvalue weighted by Crippen LogP contribution is 2.36. The second kappa shape index (κ2) is 6.31. The number of nitrogens with one attached hydrogen (secondary N) is 1. The van der Waals surface area contributed by atoms with E-state index >= 15 is 0 Å². The second-order valence-electron chi connectivity index (χ2n) is 6.91. The van der Waals surface area contributed by atoms with Crippen molar-refractivity contribution in [2.75, 3.05) is 5.32 Å². The number of oxazole rings is 1. The van der Waals surface area contributed by atoms with E-state index in [1.807, 2.05) is 20.8 Å². The van der Waals surface area contributed by atoms with E-state index in [0.717, 1.165) is 16.9 Å². The topological polar surface area (TPSA) is 116 Å². The molecule has 3 rings (SSSR count). The molecule has 0 bridgehead atoms. The highest BCUT2D eigenvalue weighted by Gasteiger charge is 2.29. The van der Waals surface area contributed by atoms with Crippen molar-refractivity contribution in [3.8, 4) is 0 Å². The zero-order valence-electron chi connectivity index (χ0n) is 14.8. The Bertz CT molecular complexity index is 1080. The Morgan fingerprint density at radius 1 is 1.44 bits per heavy atom. The number of halogens is 2. The maximum Gasteiger partial charge on any atom is 0.320 e. The molecule has 0 radical (unpaired) electrons. The van der Waals surface area contributed by atoms with Gasteiger partial charge in [0.15, 0.2) is 11.4 Å². The van der Waals surface area contributed by atoms with Gasteiger partial charge in [0.1, 0.15) is 17.4 Å². The first kappa shape index (κ1) is 18.8. The summed E-state index contributed by atoms with van der Waals surface area (Å²) in [6.07, 6.45) is 1.08. The summed E-state index contributed by atoms with van der Waals surface area (Å²) in [5, 5.41) is 17.2. The van der Waals surface area contributed by atoms with Crippen LogP contribution in [0.4, 0.5) is 15.8 Å². The van der Waals surface area contributed by atoms with Crippen LogP contribution in [-0.4, -0.2) is 25.6 Å². The van der Waals surface area contributed by atoms with Crippen LogP contribution in [0.25, 0.3) is 11.1 Å². The van der Waals surface area contributed by atoms with Gasteiger partial charge in [0.25, 0.3) is 5.91 Å². The molecule has 3 aromatic rings. The molecule has 0 atom stereocenters. The van der Waals surface area contributed by atoms with E-state index in [1.165, 1.54) is 7.05 Å². The Labute approximate surface area is 157 Å². The normalized spacial score (nSPS) is 11.8. The number of benzene rings is 1. The number of hydrogen-bond donors (Lipinski definition) is 1. The number of carbonyl (C=O) groups is 1. The molecule has 27 heavy (non-hydrogen) atoms. The van der Waals surface area contributed by atoms with Crippen molar-refractivity contribution in [3.05, 3.63) is 44.8 Å². The Balaban J connectivity index is 2.11. The number of carbonyl (C=O) groups excluding carboxylic acids is 1. The molecule has 0 saturated heterocycles. The molecule has 0 unspecified atom stereocenters. The number of aryl methyl sites for hydroxylation is 1. The van der Waals surface area contributed by atoms with Crippen molar-refractivity contribution in [2.24, 2.45) is 7.05 Å². The van der Waals surface area contributed by atoms with Crippen LogP contribution in [-0.2, 0) is 12.5 Å². The molecule has 0 spiro atoms. The standard InChI is InChI=1S/C16H15ClFN5O4/c1-16(2,3)15-20-10-7(17)5-8(18)11(13(10)27-15)19-14(24)12-9(23(25)26)6-22(4)21-12/h5-6H,1-4H3,(H,19,24). The quantitative estimate of drug-likeness (QED) is 0.532. The van der Waals surface area contributed by atoms with Crippen LogP contribution >= 0.6 is 11.6 Å². The first-order valence-corrected chi connectivity index (χ1v) is 8.15. The van der Waals surface area contributed by atoms with Crippen molar-refractivity contribution in [1.29, 1.82) is 0 Å². The number of fused-ring (bicyclic) bond motifs is 1. The van der Waals surface area contributed by atoms with E-state index in [4.69, 9.17) is 16.0 Å². The van der Waals surface area contributed by atoms with Gasteiger partial charge in [0, 0.05) is 12.5 Å². The van der Waals surface area contributed by atoms with Crippen LogP contribution < -0.4 is 5.32 Å². The van der Waals surface area contributed by atoms with E-state index < -0.39 is 33.4 Å². The summed E-state index contributed by atoms with van der Waals surface area (Å²) in [7, 11) is 1.43. The number of anilines is 1. The summed E-state index contributed by atoms with van der Waals surface area (Å²) in [5.74, 6) is -1.53. The molecule has 0 fully saturated rings. The van der Waals surface area contributed by atoms with Crippen LogP contribution in [0.1, 0.15) is 37.2 Å². The van der Waals surface area contributed by atoms with Gasteiger partial charge in [-0.15, -0.1) is 0 Å². The number of hydrogen-bond acceptors (Lipinski definition) is 6. The predicted molar refractivity (Wildman–Crippen MR) is 95.5 cm³/mol. The average molecular weight is 396 g/mol. The Hall–Kier alpha value is -3.01. The molecule has 0 saturated carbocycles. The molecule has 1 N–H and O–H groups in total. The van der Waals surface area contributed by atoms with E-state index in [-0.39, 0.29) is 21.8 Å². The predicted octanol–water partition coefficient (Wildman–Crippen LogP) is 3.81. The van der Waals surface area contributed by atoms with Gasteiger partial charge in [-0.25, -0.2) is 9.37 Å². The van der Waals surface area contributed by atoms with Gasteiger partial charge in [-0.05, 0) is 6.07 Å². The Kier molecular flexibility index (Phi) is 4.38. The number of amides is 1. The third-order valence-corrected chi connectivity index (χ3v) is 3.96. The van der Waals surface area contributed by atoms with Crippen molar-refractivity contribution in [3.63, 3.8) is 0 Å². The summed E-state index contributed by atoms with van der Waals surface area (Å²) in [5.41, 5.74) is -1.65. The largest absolute Gasteiger partial charge is 0.438 e. The van der Waals surface area contributed by atoms with Gasteiger partial charge in [-0.3, -0.25) is 19.6 Å². The second-order valence-corrected chi connectivity index (χ2v) is 7.32. The summed E-state index contributed by atoms with van der Waals surface area (Å²) >= 11 is 6.04. The maximum absolute atomic E-state index is 14.5. The minimum absolute atomic E-state index is 0.0172. The molecule has 2 heterocycles. The molecular weight excluding hydrogens is 381 g/mol. The smallest absolute Gasteiger partial charge is 0.320 e. The lowest BCUT2D eigenvalue weighted by Crippen LogP contribution is -2.15. The summed E-state index contributed by atoms with van der Waals surface area (Å²) in [6, 6.07) is 0.987. The van der Waals surface area contributed by atoms with Crippen LogP contribution in [0.3, 0.4) is 0 Å². The number of rotatable bonds is 3. The third-order valence-electron chi connectivity index (χ3n) is 3.67. The molecule has 0 aliphatic rings. The van der Waals surface area contributed by atoms with Gasteiger partial charge in [-0.1, -0.05) is 32.4 Å². The fraction of sp³-hybridized carbons (Fsp3) is 0.312. The summed E-state index contributed by atoms with van der Waals surface area (Å²) in [6.45, 7) is 5.53. The summed E-state index contributed by atoms with van der Waals surface area (Å²) < 4.78 is 21.2. The van der Waals surface area contributed by atoms with Crippen molar-refractivity contribution in [1.82, 2.24) is 14.8 Å². The van der Waals surface area contributed by atoms with Crippen molar-refractivity contribution >= 4 is 40.0 Å². The highest BCUT2D eigenvalue weighted by atomic mass is 35.5. The first-order valence-electron chi connectivity index (χ1n) is 7.77. The van der Waals surface area contributed by atoms with Crippen molar-refractivity contribution in [2.45, 2.75) is 26.2 Å². The lowest BCUT2D eigenvalue weighted by molar-refractivity contribution is -0.385. The average Bonchev–Trinajstić information content (AvgIpc) is 3.15. The van der Waals surface area contributed by atoms with Gasteiger partial charge < -0.3 is 9.73 Å². The van der Waals surface area contributed by atoms with Crippen molar-refractivity contribution < 1.29 is 18.5 Å². The van der Waals surface area contributed by atoms with Gasteiger partial charge in [0.05, 0.1) is 9.95 Å². The SMILES string of the molecule is Cn1cc([N+](=O)[O-])c(C(=O)Nc2c(F)cc(Cl)c3nc(C(C)(C)C)oc23)n1. The van der Waals surface area contributed by atoms with E-state index in [0.29, 0.717) is 5.89 Å². The number of nitrogens with zero attached hydrogens (tertiary/aromatic N) is 4. The zero-order chi connectivity index (χ0) is 20.1. The monoisotopic (exact) mass is 395 g/mol. The Morgan fingerprint density at radius 2 is 2.11 bits per heavy atom. The van der Waals surface area contributed by atoms with Gasteiger partial charge >= 0.3 is 5.69 Å². The fourth-order valence-corrected chi connectivity index (χ4v) is 2.62. The maximum atomic E-state index is 14.5. The lowest BCUT2D eigenvalue weighted by Gasteiger charge is -2.11. The fourth-order valence-electron chi connectivity index (χ4n) is 2.39. The molecule has 0 aliphatic carbocycles. The number of nitro groups is 1. The molecule has 142 valence electrons. The lowest BCUT2D eigenvalue weighted by atomic mass is 9.97. The van der Waals surface area contributed by atoms with Gasteiger partial charge in [-0.2, -0.15) is 5.10 Å². The van der Waals surface area contributed by atoms with E-state index in [2.05, 4.69) is 15.4 Å². The first-order chi connectivity index (χ1) is 12.5. The zero-order valence-corrected chi connectivity index (χ0v) is 15.6. The van der Waals surface area contributed by atoms with E-state index in [9.17, 15) is 19.3 Å². The Morgan fingerprint density at radius 3 is 2.70 bits per heavy atom. The van der Waals surface area contributed by atoms with Crippen LogP contribution in [0, 0.1) is 15.9 Å². The molecule has 1 amide bonds. The molecular formula is C16H15ClFN5O4. The number of aromatic nitrogens is 3. The highest BCUT2D eigenvalue weighted by molar-refractivity contribution is 6.35. The van der Waals surface area contributed by atoms with Crippen LogP contribution in [0.5, 0.6) is 0 Å². The molecule has 1 aromatic carbocycles. The van der Waals surface area contributed by atoms with Gasteiger partial charge in [0.2, 0.25) is 11.6 Å². The molecule has 0 aliphatic heterocycles. The van der Waals surface area contributed by atoms with E-state index in [1.54, 1.807) is 0 Å². The minimum atomic E-state index is -0.960. The third kappa shape index (κ3) is 3.35. The molecule has 11 heteroatoms. The molecule has 9 nitrogen and oxygen atoms in total. The molecule has 2 aromatic heterocycles. The minimum Gasteiger partial charge on any atom is -0.438 e. The summed E-state index contributed by atoms with van der Waals surface area (Å²) in [4.78, 5) is 27.1.